The molecule has 0 aromatic heterocycles. The van der Waals surface area contributed by atoms with Gasteiger partial charge in [0.1, 0.15) is 0 Å². The van der Waals surface area contributed by atoms with Crippen LogP contribution in [0.4, 0.5) is 74.6 Å². The predicted octanol–water partition coefficient (Wildman–Crippen LogP) is 11.1. The molecule has 0 spiro atoms. The average molecular weight is 892 g/mol. The van der Waals surface area contributed by atoms with E-state index in [9.17, 15) is 83.1 Å². The monoisotopic (exact) mass is 892 g/mol. The van der Waals surface area contributed by atoms with Crippen molar-refractivity contribution < 1.29 is 85.6 Å². The van der Waals surface area contributed by atoms with E-state index in [4.69, 9.17) is 0 Å². The second-order valence-corrected chi connectivity index (χ2v) is 19.3. The van der Waals surface area contributed by atoms with Gasteiger partial charge in [0.2, 0.25) is 0 Å². The fourth-order valence-corrected chi connectivity index (χ4v) is 10.7. The van der Waals surface area contributed by atoms with Crippen LogP contribution in [0.5, 0.6) is 0 Å². The van der Waals surface area contributed by atoms with Gasteiger partial charge in [0, 0.05) is 0 Å². The topological polar surface area (TPSA) is 43.4 Å². The van der Waals surface area contributed by atoms with Crippen molar-refractivity contribution in [2.75, 3.05) is 0 Å². The maximum atomic E-state index is 14.9. The zero-order valence-corrected chi connectivity index (χ0v) is 29.0. The summed E-state index contributed by atoms with van der Waals surface area (Å²) in [7, 11) is -7.75. The van der Waals surface area contributed by atoms with Gasteiger partial charge in [0.15, 0.2) is 0 Å². The van der Waals surface area contributed by atoms with Gasteiger partial charge in [-0.25, -0.2) is 0 Å². The van der Waals surface area contributed by atoms with Crippen molar-refractivity contribution in [2.45, 2.75) is 99.3 Å². The van der Waals surface area contributed by atoms with Crippen molar-refractivity contribution >= 4 is 30.4 Å². The van der Waals surface area contributed by atoms with E-state index in [-0.39, 0.29) is 7.14 Å². The molecule has 50 heavy (non-hydrogen) atoms. The van der Waals surface area contributed by atoms with Gasteiger partial charge in [-0.15, -0.1) is 0 Å². The summed E-state index contributed by atoms with van der Waals surface area (Å²) in [6, 6.07) is 9.39. The van der Waals surface area contributed by atoms with Gasteiger partial charge in [-0.2, -0.15) is 0 Å². The second kappa shape index (κ2) is 12.8. The molecule has 0 aliphatic heterocycles. The molecule has 0 saturated heterocycles. The molecule has 0 N–H and O–H groups in total. The third kappa shape index (κ3) is 7.01. The number of hydrogen-bond acceptors (Lipinski definition) is 3. The van der Waals surface area contributed by atoms with Gasteiger partial charge in [0.05, 0.1) is 0 Å². The van der Waals surface area contributed by atoms with Crippen LogP contribution in [-0.2, 0) is 23.5 Å². The summed E-state index contributed by atoms with van der Waals surface area (Å²) in [6.45, 7) is 10.1. The molecular formula is C28H26F17IO3S. The van der Waals surface area contributed by atoms with Crippen molar-refractivity contribution in [2.24, 2.45) is 0 Å². The summed E-state index contributed by atoms with van der Waals surface area (Å²) in [4.78, 5) is 0. The molecule has 0 saturated carbocycles. The SMILES string of the molecule is CC(C)(C)c1ccc(I(OS(=O)(=O)C(F)(F)C(F)(F)C(F)(F)C(F)(F)C(F)(F)C(F)(F)C(F)(F)C(F)(F)F)c2ccc(C(C)(C)C)cc2)cc1. The van der Waals surface area contributed by atoms with Gasteiger partial charge < -0.3 is 0 Å². The summed E-state index contributed by atoms with van der Waals surface area (Å²) in [5.74, 6) is -52.1. The zero-order chi connectivity index (χ0) is 39.8. The first-order valence-corrected chi connectivity index (χ1v) is 17.8. The van der Waals surface area contributed by atoms with Crippen LogP contribution in [0.3, 0.4) is 0 Å². The molecule has 2 aromatic rings. The number of hydrogen-bond donors (Lipinski definition) is 0. The van der Waals surface area contributed by atoms with E-state index < -0.39 is 88.1 Å². The summed E-state index contributed by atoms with van der Waals surface area (Å²) in [5, 5.41) is -7.77. The Hall–Kier alpha value is -2.11. The molecule has 0 aliphatic rings. The van der Waals surface area contributed by atoms with Crippen LogP contribution in [0.2, 0.25) is 0 Å². The van der Waals surface area contributed by atoms with E-state index in [1.165, 1.54) is 24.3 Å². The quantitative estimate of drug-likeness (QED) is 0.167. The van der Waals surface area contributed by atoms with E-state index in [1.807, 2.05) is 0 Å². The Morgan fingerprint density at radius 1 is 0.440 bits per heavy atom. The molecule has 0 aliphatic carbocycles. The van der Waals surface area contributed by atoms with Crippen LogP contribution in [-0.4, -0.2) is 55.4 Å². The predicted molar refractivity (Wildman–Crippen MR) is 152 cm³/mol. The zero-order valence-electron chi connectivity index (χ0n) is 26.1. The van der Waals surface area contributed by atoms with E-state index >= 15 is 0 Å². The Morgan fingerprint density at radius 2 is 0.700 bits per heavy atom. The molecule has 0 atom stereocenters. The van der Waals surface area contributed by atoms with Gasteiger partial charge >= 0.3 is 282 Å². The minimum atomic E-state index is -8.93. The molecule has 288 valence electrons. The molecule has 0 radical (unpaired) electrons. The molecule has 0 heterocycles. The van der Waals surface area contributed by atoms with Crippen LogP contribution >= 0.6 is 20.2 Å². The van der Waals surface area contributed by atoms with E-state index in [1.54, 1.807) is 41.5 Å². The van der Waals surface area contributed by atoms with Gasteiger partial charge in [-0.1, -0.05) is 0 Å². The summed E-state index contributed by atoms with van der Waals surface area (Å²) in [5.41, 5.74) is -0.187. The Kier molecular flexibility index (Phi) is 11.3. The van der Waals surface area contributed by atoms with Crippen LogP contribution < -0.4 is 0 Å². The van der Waals surface area contributed by atoms with Crippen LogP contribution in [0, 0.1) is 7.14 Å². The van der Waals surface area contributed by atoms with Crippen molar-refractivity contribution in [3.63, 3.8) is 0 Å². The second-order valence-electron chi connectivity index (χ2n) is 12.7. The van der Waals surface area contributed by atoms with Crippen molar-refractivity contribution in [3.05, 3.63) is 66.8 Å². The standard InChI is InChI=1S/C28H26F17IO3S/c1-19(2,3)15-7-11-17(12-8-15)46(18-13-9-16(10-14-18)20(4,5)6)49-50(47,48)28(44,45)26(39,40)24(35,36)22(31,32)21(29,30)23(33,34)25(37,38)27(41,42)43/h7-14H,1-6H3. The third-order valence-electron chi connectivity index (χ3n) is 6.97. The minimum absolute atomic E-state index is 0.342. The molecular weight excluding hydrogens is 866 g/mol. The Labute approximate surface area is 281 Å². The normalized spacial score (nSPS) is 15.7. The van der Waals surface area contributed by atoms with E-state index in [2.05, 4.69) is 2.51 Å². The van der Waals surface area contributed by atoms with Gasteiger partial charge in [-0.3, -0.25) is 0 Å². The Balaban J connectivity index is 2.76. The molecule has 3 nitrogen and oxygen atoms in total. The summed E-state index contributed by atoms with van der Waals surface area (Å²) < 4.78 is 263. The van der Waals surface area contributed by atoms with Crippen molar-refractivity contribution in [3.8, 4) is 0 Å². The summed E-state index contributed by atoms with van der Waals surface area (Å²) in [6.07, 6.45) is -7.91. The summed E-state index contributed by atoms with van der Waals surface area (Å²) >= 11 is -4.66. The van der Waals surface area contributed by atoms with E-state index in [0.717, 1.165) is 24.3 Å². The Morgan fingerprint density at radius 3 is 0.960 bits per heavy atom. The number of rotatable bonds is 11. The average Bonchev–Trinajstić information content (AvgIpc) is 2.93. The number of alkyl halides is 17. The molecule has 0 unspecified atom stereocenters. The van der Waals surface area contributed by atoms with Crippen LogP contribution in [0.1, 0.15) is 52.7 Å². The molecule has 22 heteroatoms. The van der Waals surface area contributed by atoms with Gasteiger partial charge in [-0.05, 0) is 0 Å². The molecule has 0 fully saturated rings. The molecule has 0 bridgehead atoms. The fourth-order valence-electron chi connectivity index (χ4n) is 3.76. The first-order chi connectivity index (χ1) is 21.8. The van der Waals surface area contributed by atoms with Crippen LogP contribution in [0.15, 0.2) is 48.5 Å². The van der Waals surface area contributed by atoms with E-state index in [0.29, 0.717) is 11.1 Å². The first kappa shape index (κ1) is 44.1. The number of halogens is 18. The Bertz CT molecular complexity index is 1570. The number of benzene rings is 2. The van der Waals surface area contributed by atoms with Crippen molar-refractivity contribution in [1.29, 1.82) is 0 Å². The molecule has 2 aromatic carbocycles. The van der Waals surface area contributed by atoms with Crippen LogP contribution in [0.25, 0.3) is 0 Å². The van der Waals surface area contributed by atoms with Crippen molar-refractivity contribution in [1.82, 2.24) is 0 Å². The molecule has 2 rings (SSSR count). The first-order valence-electron chi connectivity index (χ1n) is 13.3. The maximum absolute atomic E-state index is 14.9. The molecule has 0 amide bonds. The fraction of sp³-hybridized carbons (Fsp3) is 0.571. The third-order valence-corrected chi connectivity index (χ3v) is 14.3. The van der Waals surface area contributed by atoms with Gasteiger partial charge in [0.25, 0.3) is 0 Å².